The molecule has 0 radical (unpaired) electrons. The lowest BCUT2D eigenvalue weighted by Crippen LogP contribution is -2.39. The quantitative estimate of drug-likeness (QED) is 0.614. The molecule has 2 aliphatic carbocycles. The van der Waals surface area contributed by atoms with E-state index >= 15 is 0 Å². The summed E-state index contributed by atoms with van der Waals surface area (Å²) in [7, 11) is 1.59. The summed E-state index contributed by atoms with van der Waals surface area (Å²) in [4.78, 5) is 36.5. The number of esters is 3. The molecule has 1 aliphatic heterocycles. The Kier molecular flexibility index (Phi) is 3.78. The Morgan fingerprint density at radius 2 is 1.76 bits per heavy atom. The van der Waals surface area contributed by atoms with Crippen molar-refractivity contribution in [1.82, 2.24) is 0 Å². The van der Waals surface area contributed by atoms with Crippen LogP contribution in [0.15, 0.2) is 24.3 Å². The summed E-state index contributed by atoms with van der Waals surface area (Å²) in [5.41, 5.74) is 0.873. The molecule has 1 heterocycles. The van der Waals surface area contributed by atoms with Crippen molar-refractivity contribution in [3.63, 3.8) is 0 Å². The Morgan fingerprint density at radius 1 is 1.12 bits per heavy atom. The molecule has 2 saturated carbocycles. The highest BCUT2D eigenvalue weighted by molar-refractivity contribution is 5.98. The average molecular weight is 344 g/mol. The first kappa shape index (κ1) is 16.1. The van der Waals surface area contributed by atoms with Crippen molar-refractivity contribution in [3.05, 3.63) is 29.8 Å². The van der Waals surface area contributed by atoms with Gasteiger partial charge in [-0.25, -0.2) is 0 Å². The molecule has 1 saturated heterocycles. The van der Waals surface area contributed by atoms with E-state index in [0.717, 1.165) is 17.7 Å². The third-order valence-corrected chi connectivity index (χ3v) is 6.11. The number of fused-ring (bicyclic) bond motifs is 5. The van der Waals surface area contributed by atoms with Gasteiger partial charge in [-0.15, -0.1) is 0 Å². The highest BCUT2D eigenvalue weighted by Crippen LogP contribution is 2.61. The van der Waals surface area contributed by atoms with Gasteiger partial charge in [0.05, 0.1) is 24.9 Å². The maximum absolute atomic E-state index is 12.6. The molecular weight excluding hydrogens is 324 g/mol. The van der Waals surface area contributed by atoms with E-state index < -0.39 is 17.9 Å². The van der Waals surface area contributed by atoms with E-state index in [-0.39, 0.29) is 42.2 Å². The topological polar surface area (TPSA) is 78.9 Å². The molecule has 6 atom stereocenters. The Bertz CT molecular complexity index is 724. The summed E-state index contributed by atoms with van der Waals surface area (Å²) >= 11 is 0. The van der Waals surface area contributed by atoms with E-state index in [1.807, 2.05) is 31.2 Å². The van der Waals surface area contributed by atoms with Crippen LogP contribution in [-0.4, -0.2) is 25.0 Å². The van der Waals surface area contributed by atoms with Gasteiger partial charge in [0.2, 0.25) is 0 Å². The molecule has 3 aliphatic rings. The first-order chi connectivity index (χ1) is 12.0. The van der Waals surface area contributed by atoms with E-state index in [9.17, 15) is 14.4 Å². The van der Waals surface area contributed by atoms with Crippen molar-refractivity contribution in [2.24, 2.45) is 35.5 Å². The molecule has 3 unspecified atom stereocenters. The number of methoxy groups -OCH3 is 1. The van der Waals surface area contributed by atoms with Crippen LogP contribution < -0.4 is 4.74 Å². The van der Waals surface area contributed by atoms with Crippen LogP contribution in [0.3, 0.4) is 0 Å². The van der Waals surface area contributed by atoms with Crippen LogP contribution in [0.25, 0.3) is 0 Å². The normalized spacial score (nSPS) is 35.4. The standard InChI is InChI=1S/C19H20O6/c1-9-12-7-13(16-15(12)18(21)25-19(16)22)14(9)17(20)24-8-10-3-5-11(23-2)6-4-10/h3-6,9,12-16H,7-8H2,1-2H3/t9-,12?,13?,14?,15-,16+/m1/s1. The van der Waals surface area contributed by atoms with Crippen LogP contribution in [0, 0.1) is 35.5 Å². The van der Waals surface area contributed by atoms with Crippen molar-refractivity contribution in [3.8, 4) is 5.75 Å². The van der Waals surface area contributed by atoms with Gasteiger partial charge in [0, 0.05) is 0 Å². The molecule has 132 valence electrons. The molecule has 2 bridgehead atoms. The van der Waals surface area contributed by atoms with Crippen LogP contribution in [0.4, 0.5) is 0 Å². The van der Waals surface area contributed by atoms with Crippen molar-refractivity contribution < 1.29 is 28.6 Å². The molecule has 0 amide bonds. The van der Waals surface area contributed by atoms with Crippen molar-refractivity contribution in [2.45, 2.75) is 20.0 Å². The zero-order valence-corrected chi connectivity index (χ0v) is 14.1. The van der Waals surface area contributed by atoms with E-state index in [0.29, 0.717) is 0 Å². The number of cyclic esters (lactones) is 2. The van der Waals surface area contributed by atoms with E-state index in [1.54, 1.807) is 7.11 Å². The van der Waals surface area contributed by atoms with E-state index in [1.165, 1.54) is 0 Å². The van der Waals surface area contributed by atoms with Crippen LogP contribution in [0.5, 0.6) is 5.75 Å². The number of hydrogen-bond acceptors (Lipinski definition) is 6. The maximum atomic E-state index is 12.6. The molecule has 1 aromatic rings. The molecule has 3 fully saturated rings. The van der Waals surface area contributed by atoms with Gasteiger partial charge in [-0.2, -0.15) is 0 Å². The number of carbonyl (C=O) groups is 3. The van der Waals surface area contributed by atoms with Crippen molar-refractivity contribution >= 4 is 17.9 Å². The Labute approximate surface area is 145 Å². The minimum absolute atomic E-state index is 0.0214. The van der Waals surface area contributed by atoms with Gasteiger partial charge in [-0.05, 0) is 41.9 Å². The van der Waals surface area contributed by atoms with Crippen LogP contribution in [-0.2, 0) is 30.5 Å². The second kappa shape index (κ2) is 5.86. The lowest BCUT2D eigenvalue weighted by molar-refractivity contribution is -0.156. The first-order valence-corrected chi connectivity index (χ1v) is 8.56. The number of rotatable bonds is 4. The number of benzene rings is 1. The maximum Gasteiger partial charge on any atom is 0.317 e. The van der Waals surface area contributed by atoms with Gasteiger partial charge in [-0.3, -0.25) is 14.4 Å². The molecule has 0 aromatic heterocycles. The SMILES string of the molecule is COc1ccc(COC(=O)C2C3CC([C@H]2C)[C@H]2C(=O)OC(=O)[C@@H]32)cc1. The minimum Gasteiger partial charge on any atom is -0.497 e. The molecule has 4 rings (SSSR count). The lowest BCUT2D eigenvalue weighted by atomic mass is 9.70. The summed E-state index contributed by atoms with van der Waals surface area (Å²) in [5, 5.41) is 0. The molecule has 25 heavy (non-hydrogen) atoms. The second-order valence-electron chi connectivity index (χ2n) is 7.20. The monoisotopic (exact) mass is 344 g/mol. The fraction of sp³-hybridized carbons (Fsp3) is 0.526. The van der Waals surface area contributed by atoms with Crippen LogP contribution in [0.1, 0.15) is 18.9 Å². The number of ether oxygens (including phenoxy) is 3. The molecule has 0 N–H and O–H groups in total. The minimum atomic E-state index is -0.470. The van der Waals surface area contributed by atoms with E-state index in [4.69, 9.17) is 14.2 Å². The summed E-state index contributed by atoms with van der Waals surface area (Å²) in [6.07, 6.45) is 0.722. The fourth-order valence-electron chi connectivity index (χ4n) is 4.95. The smallest absolute Gasteiger partial charge is 0.317 e. The second-order valence-corrected chi connectivity index (χ2v) is 7.20. The van der Waals surface area contributed by atoms with Gasteiger partial charge in [0.25, 0.3) is 0 Å². The van der Waals surface area contributed by atoms with Gasteiger partial charge >= 0.3 is 17.9 Å². The van der Waals surface area contributed by atoms with Gasteiger partial charge in [0.15, 0.2) is 0 Å². The largest absolute Gasteiger partial charge is 0.497 e. The molecule has 1 aromatic carbocycles. The number of hydrogen-bond donors (Lipinski definition) is 0. The zero-order valence-electron chi connectivity index (χ0n) is 14.1. The summed E-state index contributed by atoms with van der Waals surface area (Å²) < 4.78 is 15.4. The van der Waals surface area contributed by atoms with Gasteiger partial charge < -0.3 is 14.2 Å². The Morgan fingerprint density at radius 3 is 2.40 bits per heavy atom. The Balaban J connectivity index is 1.44. The molecule has 6 heteroatoms. The highest BCUT2D eigenvalue weighted by atomic mass is 16.6. The number of carbonyl (C=O) groups excluding carboxylic acids is 3. The fourth-order valence-corrected chi connectivity index (χ4v) is 4.95. The van der Waals surface area contributed by atoms with Crippen molar-refractivity contribution in [2.75, 3.05) is 7.11 Å². The lowest BCUT2D eigenvalue weighted by Gasteiger charge is -2.31. The summed E-state index contributed by atoms with van der Waals surface area (Å²) in [6.45, 7) is 2.15. The first-order valence-electron chi connectivity index (χ1n) is 8.56. The molecule has 6 nitrogen and oxygen atoms in total. The van der Waals surface area contributed by atoms with Gasteiger partial charge in [0.1, 0.15) is 12.4 Å². The van der Waals surface area contributed by atoms with Crippen LogP contribution >= 0.6 is 0 Å². The Hall–Kier alpha value is -2.37. The summed E-state index contributed by atoms with van der Waals surface area (Å²) in [6, 6.07) is 7.32. The zero-order chi connectivity index (χ0) is 17.7. The predicted molar refractivity (Wildman–Crippen MR) is 85.1 cm³/mol. The van der Waals surface area contributed by atoms with Crippen molar-refractivity contribution in [1.29, 1.82) is 0 Å². The summed E-state index contributed by atoms with van der Waals surface area (Å²) in [5.74, 6) is -1.70. The third kappa shape index (κ3) is 2.42. The third-order valence-electron chi connectivity index (χ3n) is 6.11. The van der Waals surface area contributed by atoms with Crippen LogP contribution in [0.2, 0.25) is 0 Å². The molecule has 0 spiro atoms. The predicted octanol–water partition coefficient (Wildman–Crippen LogP) is 1.96. The molecular formula is C19H20O6. The average Bonchev–Trinajstić information content (AvgIpc) is 3.24. The van der Waals surface area contributed by atoms with E-state index in [2.05, 4.69) is 0 Å². The highest BCUT2D eigenvalue weighted by Gasteiger charge is 2.67. The van der Waals surface area contributed by atoms with Gasteiger partial charge in [-0.1, -0.05) is 19.1 Å².